The van der Waals surface area contributed by atoms with Gasteiger partial charge in [-0.2, -0.15) is 4.98 Å². The van der Waals surface area contributed by atoms with Crippen molar-refractivity contribution in [3.63, 3.8) is 0 Å². The minimum Gasteiger partial charge on any atom is -0.398 e. The molecule has 2 N–H and O–H groups in total. The molecule has 0 atom stereocenters. The van der Waals surface area contributed by atoms with Crippen LogP contribution in [-0.4, -0.2) is 10.1 Å². The molecule has 1 aromatic carbocycles. The van der Waals surface area contributed by atoms with Crippen LogP contribution in [0.15, 0.2) is 28.8 Å². The molecular weight excluding hydrogens is 214 g/mol. The van der Waals surface area contributed by atoms with Crippen molar-refractivity contribution in [3.8, 4) is 11.4 Å². The van der Waals surface area contributed by atoms with Crippen molar-refractivity contribution in [2.45, 2.75) is 27.2 Å². The molecule has 4 heteroatoms. The number of para-hydroxylation sites is 1. The predicted octanol–water partition coefficient (Wildman–Crippen LogP) is 2.91. The van der Waals surface area contributed by atoms with Crippen LogP contribution in [0.5, 0.6) is 0 Å². The number of hydrogen-bond acceptors (Lipinski definition) is 4. The Labute approximate surface area is 101 Å². The zero-order chi connectivity index (χ0) is 12.5. The van der Waals surface area contributed by atoms with E-state index in [1.54, 1.807) is 0 Å². The van der Waals surface area contributed by atoms with E-state index in [4.69, 9.17) is 10.3 Å². The Hall–Kier alpha value is -1.84. The van der Waals surface area contributed by atoms with Crippen molar-refractivity contribution < 1.29 is 4.52 Å². The summed E-state index contributed by atoms with van der Waals surface area (Å²) in [6, 6.07) is 7.51. The zero-order valence-electron chi connectivity index (χ0n) is 10.4. The summed E-state index contributed by atoms with van der Waals surface area (Å²) in [4.78, 5) is 4.37. The Morgan fingerprint density at radius 2 is 1.94 bits per heavy atom. The van der Waals surface area contributed by atoms with Crippen LogP contribution >= 0.6 is 0 Å². The van der Waals surface area contributed by atoms with E-state index in [0.717, 1.165) is 12.0 Å². The van der Waals surface area contributed by atoms with E-state index in [9.17, 15) is 0 Å². The quantitative estimate of drug-likeness (QED) is 0.807. The topological polar surface area (TPSA) is 64.9 Å². The van der Waals surface area contributed by atoms with Crippen LogP contribution in [0.3, 0.4) is 0 Å². The molecule has 90 valence electrons. The van der Waals surface area contributed by atoms with Crippen LogP contribution in [0.4, 0.5) is 5.69 Å². The summed E-state index contributed by atoms with van der Waals surface area (Å²) in [5, 5.41) is 3.97. The number of aromatic nitrogens is 2. The summed E-state index contributed by atoms with van der Waals surface area (Å²) in [5.74, 6) is 1.21. The lowest BCUT2D eigenvalue weighted by Crippen LogP contribution is -2.09. The summed E-state index contributed by atoms with van der Waals surface area (Å²) in [7, 11) is 0. The molecule has 0 aliphatic rings. The van der Waals surface area contributed by atoms with Gasteiger partial charge in [0.15, 0.2) is 0 Å². The summed E-state index contributed by atoms with van der Waals surface area (Å²) >= 11 is 0. The minimum atomic E-state index is 0.131. The van der Waals surface area contributed by atoms with E-state index in [-0.39, 0.29) is 5.41 Å². The largest absolute Gasteiger partial charge is 0.398 e. The first-order valence-corrected chi connectivity index (χ1v) is 5.63. The average Bonchev–Trinajstić information content (AvgIpc) is 2.64. The lowest BCUT2D eigenvalue weighted by Gasteiger charge is -2.13. The normalized spacial score (nSPS) is 11.7. The number of hydrogen-bond donors (Lipinski definition) is 1. The standard InChI is InChI=1S/C13H17N3O/c1-13(2,3)8-11-15-12(16-17-11)9-6-4-5-7-10(9)14/h4-7H,8,14H2,1-3H3. The van der Waals surface area contributed by atoms with Gasteiger partial charge in [0.05, 0.1) is 0 Å². The summed E-state index contributed by atoms with van der Waals surface area (Å²) in [6.07, 6.45) is 0.757. The van der Waals surface area contributed by atoms with Gasteiger partial charge in [-0.3, -0.25) is 0 Å². The van der Waals surface area contributed by atoms with Gasteiger partial charge in [0, 0.05) is 17.7 Å². The summed E-state index contributed by atoms with van der Waals surface area (Å²) < 4.78 is 5.23. The zero-order valence-corrected chi connectivity index (χ0v) is 10.4. The van der Waals surface area contributed by atoms with Gasteiger partial charge in [-0.05, 0) is 17.5 Å². The number of rotatable bonds is 2. The molecule has 0 aliphatic heterocycles. The van der Waals surface area contributed by atoms with Crippen molar-refractivity contribution in [1.29, 1.82) is 0 Å². The fourth-order valence-electron chi connectivity index (χ4n) is 1.59. The highest BCUT2D eigenvalue weighted by atomic mass is 16.5. The third-order valence-electron chi connectivity index (χ3n) is 2.35. The maximum Gasteiger partial charge on any atom is 0.227 e. The van der Waals surface area contributed by atoms with Gasteiger partial charge in [0.2, 0.25) is 11.7 Å². The first-order valence-electron chi connectivity index (χ1n) is 5.63. The smallest absolute Gasteiger partial charge is 0.227 e. The van der Waals surface area contributed by atoms with Crippen molar-refractivity contribution in [3.05, 3.63) is 30.2 Å². The van der Waals surface area contributed by atoms with Crippen molar-refractivity contribution in [2.75, 3.05) is 5.73 Å². The van der Waals surface area contributed by atoms with Crippen LogP contribution in [-0.2, 0) is 6.42 Å². The van der Waals surface area contributed by atoms with E-state index in [1.807, 2.05) is 24.3 Å². The number of nitrogens with two attached hydrogens (primary N) is 1. The first-order chi connectivity index (χ1) is 7.96. The van der Waals surface area contributed by atoms with Gasteiger partial charge in [-0.15, -0.1) is 0 Å². The average molecular weight is 231 g/mol. The maximum absolute atomic E-state index is 5.87. The highest BCUT2D eigenvalue weighted by Gasteiger charge is 2.17. The van der Waals surface area contributed by atoms with E-state index < -0.39 is 0 Å². The molecule has 2 rings (SSSR count). The highest BCUT2D eigenvalue weighted by Crippen LogP contribution is 2.25. The van der Waals surface area contributed by atoms with Crippen LogP contribution in [0, 0.1) is 5.41 Å². The summed E-state index contributed by atoms with van der Waals surface area (Å²) in [6.45, 7) is 6.40. The van der Waals surface area contributed by atoms with Gasteiger partial charge in [-0.25, -0.2) is 0 Å². The Morgan fingerprint density at radius 1 is 1.24 bits per heavy atom. The molecule has 0 fully saturated rings. The number of anilines is 1. The molecule has 2 aromatic rings. The van der Waals surface area contributed by atoms with Crippen LogP contribution < -0.4 is 5.73 Å². The molecule has 0 spiro atoms. The molecular formula is C13H17N3O. The van der Waals surface area contributed by atoms with E-state index >= 15 is 0 Å². The molecule has 0 radical (unpaired) electrons. The molecule has 1 aromatic heterocycles. The fourth-order valence-corrected chi connectivity index (χ4v) is 1.59. The SMILES string of the molecule is CC(C)(C)Cc1nc(-c2ccccc2N)no1. The van der Waals surface area contributed by atoms with Crippen molar-refractivity contribution in [2.24, 2.45) is 5.41 Å². The molecule has 0 aliphatic carbocycles. The molecule has 4 nitrogen and oxygen atoms in total. The second-order valence-corrected chi connectivity index (χ2v) is 5.34. The third kappa shape index (κ3) is 2.84. The van der Waals surface area contributed by atoms with Crippen LogP contribution in [0.2, 0.25) is 0 Å². The lowest BCUT2D eigenvalue weighted by molar-refractivity contribution is 0.314. The molecule has 1 heterocycles. The number of nitrogen functional groups attached to an aromatic ring is 1. The summed E-state index contributed by atoms with van der Waals surface area (Å²) in [5.41, 5.74) is 7.48. The van der Waals surface area contributed by atoms with Gasteiger partial charge in [0.1, 0.15) is 0 Å². The van der Waals surface area contributed by atoms with Crippen molar-refractivity contribution >= 4 is 5.69 Å². The van der Waals surface area contributed by atoms with Gasteiger partial charge in [-0.1, -0.05) is 38.1 Å². The monoisotopic (exact) mass is 231 g/mol. The van der Waals surface area contributed by atoms with E-state index in [1.165, 1.54) is 0 Å². The lowest BCUT2D eigenvalue weighted by atomic mass is 9.92. The van der Waals surface area contributed by atoms with E-state index in [0.29, 0.717) is 17.4 Å². The predicted molar refractivity (Wildman–Crippen MR) is 67.3 cm³/mol. The van der Waals surface area contributed by atoms with Crippen LogP contribution in [0.1, 0.15) is 26.7 Å². The number of benzene rings is 1. The molecule has 0 amide bonds. The second kappa shape index (κ2) is 4.20. The molecule has 0 bridgehead atoms. The van der Waals surface area contributed by atoms with Gasteiger partial charge in [0.25, 0.3) is 0 Å². The molecule has 0 saturated carbocycles. The highest BCUT2D eigenvalue weighted by molar-refractivity contribution is 5.70. The van der Waals surface area contributed by atoms with Crippen LogP contribution in [0.25, 0.3) is 11.4 Å². The van der Waals surface area contributed by atoms with Crippen molar-refractivity contribution in [1.82, 2.24) is 10.1 Å². The third-order valence-corrected chi connectivity index (χ3v) is 2.35. The number of nitrogens with zero attached hydrogens (tertiary/aromatic N) is 2. The Balaban J connectivity index is 2.28. The second-order valence-electron chi connectivity index (χ2n) is 5.34. The Morgan fingerprint density at radius 3 is 2.59 bits per heavy atom. The maximum atomic E-state index is 5.87. The van der Waals surface area contributed by atoms with Gasteiger partial charge < -0.3 is 10.3 Å². The Kier molecular flexibility index (Phi) is 2.88. The van der Waals surface area contributed by atoms with Gasteiger partial charge >= 0.3 is 0 Å². The molecule has 0 unspecified atom stereocenters. The fraction of sp³-hybridized carbons (Fsp3) is 0.385. The molecule has 17 heavy (non-hydrogen) atoms. The first kappa shape index (κ1) is 11.6. The van der Waals surface area contributed by atoms with E-state index in [2.05, 4.69) is 30.9 Å². The Bertz CT molecular complexity index is 511. The molecule has 0 saturated heterocycles. The minimum absolute atomic E-state index is 0.131.